The van der Waals surface area contributed by atoms with Gasteiger partial charge in [0.2, 0.25) is 0 Å². The molecule has 2 aliphatic carbocycles. The van der Waals surface area contributed by atoms with Crippen molar-refractivity contribution in [2.24, 2.45) is 16.3 Å². The van der Waals surface area contributed by atoms with Crippen LogP contribution in [0.4, 0.5) is 0 Å². The quantitative estimate of drug-likeness (QED) is 0.801. The highest BCUT2D eigenvalue weighted by Gasteiger charge is 2.68. The second-order valence-corrected chi connectivity index (χ2v) is 6.40. The van der Waals surface area contributed by atoms with E-state index in [0.29, 0.717) is 5.41 Å². The molecule has 1 aliphatic heterocycles. The van der Waals surface area contributed by atoms with E-state index >= 15 is 0 Å². The van der Waals surface area contributed by atoms with Gasteiger partial charge in [0.1, 0.15) is 5.84 Å². The van der Waals surface area contributed by atoms with Crippen molar-refractivity contribution in [3.8, 4) is 0 Å². The molecule has 1 saturated carbocycles. The summed E-state index contributed by atoms with van der Waals surface area (Å²) in [5.74, 6) is 2.03. The van der Waals surface area contributed by atoms with Gasteiger partial charge in [-0.1, -0.05) is 38.1 Å². The minimum absolute atomic E-state index is 0.257. The van der Waals surface area contributed by atoms with Gasteiger partial charge in [0.05, 0.1) is 6.54 Å². The summed E-state index contributed by atoms with van der Waals surface area (Å²) >= 11 is 0. The van der Waals surface area contributed by atoms with Gasteiger partial charge in [-0.25, -0.2) is 0 Å². The molecule has 0 bridgehead atoms. The van der Waals surface area contributed by atoms with Crippen LogP contribution < -0.4 is 5.32 Å². The fraction of sp³-hybridized carbons (Fsp3) is 0.562. The van der Waals surface area contributed by atoms with Gasteiger partial charge in [-0.3, -0.25) is 4.99 Å². The molecular formula is C16H20N2. The molecule has 2 heteroatoms. The van der Waals surface area contributed by atoms with Crippen LogP contribution in [0.3, 0.4) is 0 Å². The van der Waals surface area contributed by atoms with E-state index in [0.717, 1.165) is 19.0 Å². The highest BCUT2D eigenvalue weighted by atomic mass is 15.1. The van der Waals surface area contributed by atoms with Crippen LogP contribution in [-0.2, 0) is 11.8 Å². The number of hydrogen-bond acceptors (Lipinski definition) is 2. The molecule has 0 saturated heterocycles. The number of aliphatic imine (C=N–C) groups is 1. The van der Waals surface area contributed by atoms with Crippen LogP contribution in [0.25, 0.3) is 0 Å². The third-order valence-corrected chi connectivity index (χ3v) is 5.72. The van der Waals surface area contributed by atoms with Crippen LogP contribution in [0.15, 0.2) is 29.3 Å². The number of rotatable bonds is 1. The molecule has 1 N–H and O–H groups in total. The van der Waals surface area contributed by atoms with Crippen molar-refractivity contribution in [2.45, 2.75) is 32.1 Å². The zero-order valence-electron chi connectivity index (χ0n) is 11.2. The molecule has 1 fully saturated rings. The van der Waals surface area contributed by atoms with Crippen LogP contribution >= 0.6 is 0 Å². The number of amidine groups is 1. The Morgan fingerprint density at radius 1 is 1.33 bits per heavy atom. The molecule has 3 atom stereocenters. The van der Waals surface area contributed by atoms with Crippen LogP contribution in [0.1, 0.15) is 31.4 Å². The number of fused-ring (bicyclic) bond motifs is 3. The molecule has 0 spiro atoms. The minimum atomic E-state index is 0.257. The summed E-state index contributed by atoms with van der Waals surface area (Å²) in [6.07, 6.45) is 2.47. The number of nitrogens with one attached hydrogen (secondary N) is 1. The van der Waals surface area contributed by atoms with E-state index in [1.165, 1.54) is 18.7 Å². The Bertz CT molecular complexity index is 548. The fourth-order valence-electron chi connectivity index (χ4n) is 4.89. The predicted molar refractivity (Wildman–Crippen MR) is 74.0 cm³/mol. The van der Waals surface area contributed by atoms with E-state index < -0.39 is 0 Å². The van der Waals surface area contributed by atoms with Gasteiger partial charge >= 0.3 is 0 Å². The Morgan fingerprint density at radius 3 is 2.89 bits per heavy atom. The van der Waals surface area contributed by atoms with Crippen molar-refractivity contribution >= 4 is 5.84 Å². The summed E-state index contributed by atoms with van der Waals surface area (Å²) < 4.78 is 0. The van der Waals surface area contributed by atoms with Crippen LogP contribution in [-0.4, -0.2) is 18.9 Å². The van der Waals surface area contributed by atoms with Crippen LogP contribution in [0, 0.1) is 11.3 Å². The van der Waals surface area contributed by atoms with E-state index in [1.54, 1.807) is 11.1 Å². The topological polar surface area (TPSA) is 24.4 Å². The summed E-state index contributed by atoms with van der Waals surface area (Å²) in [5.41, 5.74) is 3.67. The van der Waals surface area contributed by atoms with Gasteiger partial charge in [0, 0.05) is 17.4 Å². The molecule has 3 unspecified atom stereocenters. The Morgan fingerprint density at radius 2 is 2.17 bits per heavy atom. The smallest absolute Gasteiger partial charge is 0.104 e. The second kappa shape index (κ2) is 3.17. The molecule has 1 aromatic carbocycles. The van der Waals surface area contributed by atoms with E-state index in [9.17, 15) is 0 Å². The highest BCUT2D eigenvalue weighted by molar-refractivity contribution is 5.94. The molecule has 3 aliphatic rings. The third-order valence-electron chi connectivity index (χ3n) is 5.72. The van der Waals surface area contributed by atoms with Crippen molar-refractivity contribution < 1.29 is 0 Å². The lowest BCUT2D eigenvalue weighted by Gasteiger charge is -2.59. The lowest BCUT2D eigenvalue weighted by Crippen LogP contribution is -2.63. The zero-order chi connectivity index (χ0) is 12.4. The molecule has 0 amide bonds. The normalized spacial score (nSPS) is 40.6. The molecule has 2 nitrogen and oxygen atoms in total. The molecule has 4 rings (SSSR count). The van der Waals surface area contributed by atoms with Gasteiger partial charge in [0.25, 0.3) is 0 Å². The Balaban J connectivity index is 1.89. The van der Waals surface area contributed by atoms with Crippen molar-refractivity contribution in [2.75, 3.05) is 13.1 Å². The first kappa shape index (κ1) is 10.6. The Hall–Kier alpha value is -1.31. The summed E-state index contributed by atoms with van der Waals surface area (Å²) in [7, 11) is 0. The van der Waals surface area contributed by atoms with Gasteiger partial charge < -0.3 is 5.32 Å². The Kier molecular flexibility index (Phi) is 1.87. The van der Waals surface area contributed by atoms with Crippen molar-refractivity contribution in [3.05, 3.63) is 35.4 Å². The number of hydrogen-bond donors (Lipinski definition) is 1. The first-order valence-electron chi connectivity index (χ1n) is 7.06. The minimum Gasteiger partial charge on any atom is -0.371 e. The largest absolute Gasteiger partial charge is 0.371 e. The first-order valence-corrected chi connectivity index (χ1v) is 7.06. The maximum absolute atomic E-state index is 4.78. The van der Waals surface area contributed by atoms with Gasteiger partial charge in [0.15, 0.2) is 0 Å². The second-order valence-electron chi connectivity index (χ2n) is 6.40. The van der Waals surface area contributed by atoms with Gasteiger partial charge in [-0.15, -0.1) is 0 Å². The van der Waals surface area contributed by atoms with Gasteiger partial charge in [-0.2, -0.15) is 0 Å². The average molecular weight is 240 g/mol. The van der Waals surface area contributed by atoms with E-state index in [2.05, 4.69) is 43.4 Å². The molecule has 0 radical (unpaired) electrons. The molecule has 1 aromatic rings. The summed E-state index contributed by atoms with van der Waals surface area (Å²) in [6, 6.07) is 9.00. The van der Waals surface area contributed by atoms with Crippen molar-refractivity contribution in [3.63, 3.8) is 0 Å². The van der Waals surface area contributed by atoms with E-state index in [-0.39, 0.29) is 5.41 Å². The summed E-state index contributed by atoms with van der Waals surface area (Å²) in [4.78, 5) is 4.78. The zero-order valence-corrected chi connectivity index (χ0v) is 11.2. The summed E-state index contributed by atoms with van der Waals surface area (Å²) in [5, 5.41) is 3.56. The number of nitrogens with zero attached hydrogens (tertiary/aromatic N) is 1. The van der Waals surface area contributed by atoms with E-state index in [1.807, 2.05) is 0 Å². The maximum atomic E-state index is 4.78. The maximum Gasteiger partial charge on any atom is 0.104 e. The predicted octanol–water partition coefficient (Wildman–Crippen LogP) is 2.53. The van der Waals surface area contributed by atoms with Crippen LogP contribution in [0.2, 0.25) is 0 Å². The first-order chi connectivity index (χ1) is 8.68. The lowest BCUT2D eigenvalue weighted by atomic mass is 9.44. The SMILES string of the molecule is CC1CC2(C)c3ccccc3CC12C1=NCCN1. The van der Waals surface area contributed by atoms with Crippen molar-refractivity contribution in [1.29, 1.82) is 0 Å². The molecule has 0 aromatic heterocycles. The summed E-state index contributed by atoms with van der Waals surface area (Å²) in [6.45, 7) is 6.82. The van der Waals surface area contributed by atoms with Crippen LogP contribution in [0.5, 0.6) is 0 Å². The van der Waals surface area contributed by atoms with Crippen molar-refractivity contribution in [1.82, 2.24) is 5.32 Å². The molecular weight excluding hydrogens is 220 g/mol. The highest BCUT2D eigenvalue weighted by Crippen LogP contribution is 2.68. The molecule has 1 heterocycles. The lowest BCUT2D eigenvalue weighted by molar-refractivity contribution is 0.0144. The Labute approximate surface area is 109 Å². The van der Waals surface area contributed by atoms with E-state index in [4.69, 9.17) is 4.99 Å². The average Bonchev–Trinajstić information content (AvgIpc) is 2.94. The standard InChI is InChI=1S/C16H20N2/c1-11-9-15(2)13-6-4-3-5-12(13)10-16(11,15)14-17-7-8-18-14/h3-6,11H,7-10H2,1-2H3,(H,17,18). The van der Waals surface area contributed by atoms with Gasteiger partial charge in [-0.05, 0) is 29.9 Å². The molecule has 94 valence electrons. The monoisotopic (exact) mass is 240 g/mol. The third kappa shape index (κ3) is 0.955. The fourth-order valence-corrected chi connectivity index (χ4v) is 4.89. The molecule has 18 heavy (non-hydrogen) atoms. The number of benzene rings is 1.